The van der Waals surface area contributed by atoms with Crippen LogP contribution < -0.4 is 4.74 Å². The largest absolute Gasteiger partial charge is 0.492 e. The summed E-state index contributed by atoms with van der Waals surface area (Å²) in [5.74, 6) is 1.14. The van der Waals surface area contributed by atoms with Crippen molar-refractivity contribution in [2.75, 3.05) is 6.61 Å². The first kappa shape index (κ1) is 12.8. The Hall–Kier alpha value is -2.28. The minimum atomic E-state index is -1.09. The van der Waals surface area contributed by atoms with Gasteiger partial charge in [-0.3, -0.25) is 0 Å². The second kappa shape index (κ2) is 6.33. The summed E-state index contributed by atoms with van der Waals surface area (Å²) >= 11 is 0. The van der Waals surface area contributed by atoms with Gasteiger partial charge in [0.1, 0.15) is 11.6 Å². The van der Waals surface area contributed by atoms with Crippen LogP contribution in [-0.4, -0.2) is 17.7 Å². The molecular formula is C13H11FO3. The van der Waals surface area contributed by atoms with Crippen LogP contribution in [0.2, 0.25) is 0 Å². The lowest BCUT2D eigenvalue weighted by molar-refractivity contribution is -0.131. The second-order valence-electron chi connectivity index (χ2n) is 3.19. The van der Waals surface area contributed by atoms with Crippen LogP contribution in [0, 0.1) is 18.2 Å². The molecule has 0 saturated carbocycles. The highest BCUT2D eigenvalue weighted by molar-refractivity contribution is 5.85. The number of hydrogen-bond donors (Lipinski definition) is 1. The fourth-order valence-electron chi connectivity index (χ4n) is 1.16. The lowest BCUT2D eigenvalue weighted by Gasteiger charge is -2.05. The normalized spacial score (nSPS) is 10.1. The van der Waals surface area contributed by atoms with Gasteiger partial charge in [0.2, 0.25) is 0 Å². The van der Waals surface area contributed by atoms with Crippen LogP contribution in [0.15, 0.2) is 24.3 Å². The molecule has 0 saturated heterocycles. The van der Waals surface area contributed by atoms with Crippen molar-refractivity contribution in [3.8, 4) is 18.1 Å². The van der Waals surface area contributed by atoms with Crippen LogP contribution in [0.4, 0.5) is 4.39 Å². The van der Waals surface area contributed by atoms with Crippen molar-refractivity contribution in [3.63, 3.8) is 0 Å². The Balaban J connectivity index is 2.79. The minimum absolute atomic E-state index is 0.294. The summed E-state index contributed by atoms with van der Waals surface area (Å²) < 4.78 is 18.4. The molecule has 0 heterocycles. The fourth-order valence-corrected chi connectivity index (χ4v) is 1.16. The zero-order valence-electron chi connectivity index (χ0n) is 9.02. The van der Waals surface area contributed by atoms with E-state index in [0.717, 1.165) is 6.08 Å². The lowest BCUT2D eigenvalue weighted by atomic mass is 10.2. The van der Waals surface area contributed by atoms with Gasteiger partial charge in [-0.2, -0.15) is 0 Å². The number of carbonyl (C=O) groups is 1. The van der Waals surface area contributed by atoms with E-state index in [1.807, 2.05) is 0 Å². The maximum absolute atomic E-state index is 13.2. The molecular weight excluding hydrogens is 223 g/mol. The van der Waals surface area contributed by atoms with Gasteiger partial charge >= 0.3 is 5.97 Å². The molecule has 1 N–H and O–H groups in total. The van der Waals surface area contributed by atoms with Gasteiger partial charge in [0.25, 0.3) is 0 Å². The standard InChI is InChI=1S/C13H11FO3/c1-2-3-6-17-12-8-10(4-5-13(15)16)7-11(14)9-12/h1,4-5,7-9H,3,6H2,(H,15,16)/b5-4+. The molecule has 0 atom stereocenters. The van der Waals surface area contributed by atoms with Crippen LogP contribution in [0.5, 0.6) is 5.75 Å². The molecule has 1 aromatic carbocycles. The van der Waals surface area contributed by atoms with Gasteiger partial charge in [-0.15, -0.1) is 12.3 Å². The molecule has 0 aliphatic heterocycles. The van der Waals surface area contributed by atoms with Gasteiger partial charge in [-0.1, -0.05) is 0 Å². The Morgan fingerprint density at radius 1 is 1.53 bits per heavy atom. The topological polar surface area (TPSA) is 46.5 Å². The van der Waals surface area contributed by atoms with E-state index < -0.39 is 11.8 Å². The Labute approximate surface area is 98.5 Å². The molecule has 1 aromatic rings. The first-order chi connectivity index (χ1) is 8.11. The molecule has 0 amide bonds. The summed E-state index contributed by atoms with van der Waals surface area (Å²) in [6, 6.07) is 3.97. The van der Waals surface area contributed by atoms with Crippen molar-refractivity contribution in [1.82, 2.24) is 0 Å². The molecule has 0 spiro atoms. The highest BCUT2D eigenvalue weighted by Crippen LogP contribution is 2.17. The molecule has 88 valence electrons. The molecule has 0 aliphatic carbocycles. The number of aliphatic carboxylic acids is 1. The zero-order valence-corrected chi connectivity index (χ0v) is 9.02. The van der Waals surface area contributed by atoms with Gasteiger partial charge in [0.15, 0.2) is 0 Å². The molecule has 0 fully saturated rings. The summed E-state index contributed by atoms with van der Waals surface area (Å²) in [5, 5.41) is 8.45. The summed E-state index contributed by atoms with van der Waals surface area (Å²) in [6.07, 6.45) is 7.70. The first-order valence-electron chi connectivity index (χ1n) is 4.89. The Bertz CT molecular complexity index is 472. The van der Waals surface area contributed by atoms with Gasteiger partial charge in [-0.25, -0.2) is 9.18 Å². The number of terminal acetylenes is 1. The summed E-state index contributed by atoms with van der Waals surface area (Å²) in [7, 11) is 0. The fraction of sp³-hybridized carbons (Fsp3) is 0.154. The zero-order chi connectivity index (χ0) is 12.7. The number of ether oxygens (including phenoxy) is 1. The smallest absolute Gasteiger partial charge is 0.328 e. The average molecular weight is 234 g/mol. The third-order valence-corrected chi connectivity index (χ3v) is 1.83. The maximum atomic E-state index is 13.2. The maximum Gasteiger partial charge on any atom is 0.328 e. The van der Waals surface area contributed by atoms with E-state index >= 15 is 0 Å². The highest BCUT2D eigenvalue weighted by Gasteiger charge is 2.00. The van der Waals surface area contributed by atoms with E-state index in [0.29, 0.717) is 24.3 Å². The van der Waals surface area contributed by atoms with Crippen LogP contribution in [-0.2, 0) is 4.79 Å². The average Bonchev–Trinajstić information content (AvgIpc) is 2.26. The molecule has 0 unspecified atom stereocenters. The van der Waals surface area contributed by atoms with Gasteiger partial charge in [-0.05, 0) is 23.8 Å². The van der Waals surface area contributed by atoms with E-state index in [2.05, 4.69) is 5.92 Å². The predicted molar refractivity (Wildman–Crippen MR) is 62.0 cm³/mol. The molecule has 17 heavy (non-hydrogen) atoms. The summed E-state index contributed by atoms with van der Waals surface area (Å²) in [4.78, 5) is 10.3. The molecule has 0 aromatic heterocycles. The Morgan fingerprint density at radius 2 is 2.29 bits per heavy atom. The summed E-state index contributed by atoms with van der Waals surface area (Å²) in [5.41, 5.74) is 0.420. The first-order valence-corrected chi connectivity index (χ1v) is 4.89. The van der Waals surface area contributed by atoms with Crippen molar-refractivity contribution in [1.29, 1.82) is 0 Å². The van der Waals surface area contributed by atoms with E-state index in [-0.39, 0.29) is 0 Å². The number of rotatable bonds is 5. The third kappa shape index (κ3) is 4.85. The molecule has 4 heteroatoms. The Morgan fingerprint density at radius 3 is 2.94 bits per heavy atom. The SMILES string of the molecule is C#CCCOc1cc(F)cc(/C=C/C(=O)O)c1. The third-order valence-electron chi connectivity index (χ3n) is 1.83. The van der Waals surface area contributed by atoms with Crippen LogP contribution in [0.25, 0.3) is 6.08 Å². The lowest BCUT2D eigenvalue weighted by Crippen LogP contribution is -1.96. The monoisotopic (exact) mass is 234 g/mol. The van der Waals surface area contributed by atoms with E-state index in [1.165, 1.54) is 18.2 Å². The van der Waals surface area contributed by atoms with Crippen molar-refractivity contribution >= 4 is 12.0 Å². The van der Waals surface area contributed by atoms with Gasteiger partial charge in [0.05, 0.1) is 6.61 Å². The van der Waals surface area contributed by atoms with Crippen molar-refractivity contribution < 1.29 is 19.0 Å². The minimum Gasteiger partial charge on any atom is -0.492 e. The van der Waals surface area contributed by atoms with Crippen LogP contribution >= 0.6 is 0 Å². The molecule has 0 bridgehead atoms. The number of carboxylic acids is 1. The molecule has 0 aliphatic rings. The number of hydrogen-bond acceptors (Lipinski definition) is 2. The van der Waals surface area contributed by atoms with Crippen molar-refractivity contribution in [3.05, 3.63) is 35.7 Å². The van der Waals surface area contributed by atoms with Crippen molar-refractivity contribution in [2.24, 2.45) is 0 Å². The quantitative estimate of drug-likeness (QED) is 0.483. The Kier molecular flexibility index (Phi) is 4.77. The molecule has 1 rings (SSSR count). The van der Waals surface area contributed by atoms with E-state index in [9.17, 15) is 9.18 Å². The van der Waals surface area contributed by atoms with E-state index in [1.54, 1.807) is 6.07 Å². The van der Waals surface area contributed by atoms with Gasteiger partial charge < -0.3 is 9.84 Å². The predicted octanol–water partition coefficient (Wildman–Crippen LogP) is 2.33. The van der Waals surface area contributed by atoms with Crippen molar-refractivity contribution in [2.45, 2.75) is 6.42 Å². The highest BCUT2D eigenvalue weighted by atomic mass is 19.1. The van der Waals surface area contributed by atoms with Crippen LogP contribution in [0.1, 0.15) is 12.0 Å². The number of carboxylic acid groups (broad SMARTS) is 1. The van der Waals surface area contributed by atoms with Crippen LogP contribution in [0.3, 0.4) is 0 Å². The molecule has 3 nitrogen and oxygen atoms in total. The molecule has 0 radical (unpaired) electrons. The number of halogens is 1. The second-order valence-corrected chi connectivity index (χ2v) is 3.19. The van der Waals surface area contributed by atoms with Gasteiger partial charge in [0, 0.05) is 18.6 Å². The summed E-state index contributed by atoms with van der Waals surface area (Å²) in [6.45, 7) is 0.294. The number of benzene rings is 1. The van der Waals surface area contributed by atoms with E-state index in [4.69, 9.17) is 16.3 Å².